The highest BCUT2D eigenvalue weighted by Crippen LogP contribution is 2.07. The van der Waals surface area contributed by atoms with Crippen molar-refractivity contribution in [3.63, 3.8) is 0 Å². The number of allylic oxidation sites excluding steroid dienone is 1. The van der Waals surface area contributed by atoms with Crippen LogP contribution in [0.3, 0.4) is 0 Å². The number of halogens is 1. The maximum absolute atomic E-state index is 10.6. The molecule has 0 aliphatic heterocycles. The molecule has 0 spiro atoms. The van der Waals surface area contributed by atoms with Crippen LogP contribution in [0, 0.1) is 0 Å². The standard InChI is InChI=1S/C9H8BrNO/c1-7(12)2-3-8-4-5-9(10)11-6-8/h2-6H,1H3/b3-2+. The molecule has 3 heteroatoms. The lowest BCUT2D eigenvalue weighted by Gasteiger charge is -1.91. The van der Waals surface area contributed by atoms with Crippen LogP contribution in [0.1, 0.15) is 12.5 Å². The van der Waals surface area contributed by atoms with Gasteiger partial charge in [-0.3, -0.25) is 4.79 Å². The van der Waals surface area contributed by atoms with Gasteiger partial charge in [-0.05, 0) is 46.6 Å². The van der Waals surface area contributed by atoms with Gasteiger partial charge in [-0.25, -0.2) is 4.98 Å². The summed E-state index contributed by atoms with van der Waals surface area (Å²) >= 11 is 3.22. The second-order valence-corrected chi connectivity index (χ2v) is 3.17. The first-order valence-corrected chi connectivity index (χ1v) is 4.28. The molecule has 0 saturated carbocycles. The fourth-order valence-electron chi connectivity index (χ4n) is 0.699. The molecule has 0 bridgehead atoms. The number of rotatable bonds is 2. The zero-order chi connectivity index (χ0) is 8.97. The number of ketones is 1. The SMILES string of the molecule is CC(=O)/C=C/c1ccc(Br)nc1. The number of hydrogen-bond acceptors (Lipinski definition) is 2. The van der Waals surface area contributed by atoms with Crippen LogP contribution in [0.2, 0.25) is 0 Å². The molecule has 0 aliphatic rings. The fourth-order valence-corrected chi connectivity index (χ4v) is 0.934. The Morgan fingerprint density at radius 3 is 2.83 bits per heavy atom. The van der Waals surface area contributed by atoms with Crippen molar-refractivity contribution in [3.05, 3.63) is 34.6 Å². The van der Waals surface area contributed by atoms with E-state index in [2.05, 4.69) is 20.9 Å². The highest BCUT2D eigenvalue weighted by atomic mass is 79.9. The van der Waals surface area contributed by atoms with Gasteiger partial charge in [0.15, 0.2) is 5.78 Å². The molecule has 0 aliphatic carbocycles. The Balaban J connectivity index is 2.77. The smallest absolute Gasteiger partial charge is 0.152 e. The Morgan fingerprint density at radius 2 is 2.33 bits per heavy atom. The number of hydrogen-bond donors (Lipinski definition) is 0. The normalized spacial score (nSPS) is 10.5. The molecule has 0 aromatic carbocycles. The lowest BCUT2D eigenvalue weighted by molar-refractivity contribution is -0.112. The molecule has 0 amide bonds. The Labute approximate surface area is 79.5 Å². The zero-order valence-corrected chi connectivity index (χ0v) is 8.21. The van der Waals surface area contributed by atoms with E-state index in [-0.39, 0.29) is 5.78 Å². The van der Waals surface area contributed by atoms with Gasteiger partial charge in [0.2, 0.25) is 0 Å². The first-order chi connectivity index (χ1) is 5.68. The third kappa shape index (κ3) is 2.96. The van der Waals surface area contributed by atoms with Crippen LogP contribution in [0.5, 0.6) is 0 Å². The zero-order valence-electron chi connectivity index (χ0n) is 6.62. The molecule has 0 fully saturated rings. The Hall–Kier alpha value is -0.960. The molecule has 1 aromatic rings. The second-order valence-electron chi connectivity index (χ2n) is 2.36. The minimum atomic E-state index is 0.0397. The van der Waals surface area contributed by atoms with E-state index < -0.39 is 0 Å². The van der Waals surface area contributed by atoms with E-state index in [0.29, 0.717) is 0 Å². The summed E-state index contributed by atoms with van der Waals surface area (Å²) in [4.78, 5) is 14.6. The maximum atomic E-state index is 10.6. The highest BCUT2D eigenvalue weighted by molar-refractivity contribution is 9.10. The molecule has 62 valence electrons. The van der Waals surface area contributed by atoms with Crippen molar-refractivity contribution < 1.29 is 4.79 Å². The predicted octanol–water partition coefficient (Wildman–Crippen LogP) is 2.45. The van der Waals surface area contributed by atoms with Gasteiger partial charge >= 0.3 is 0 Å². The maximum Gasteiger partial charge on any atom is 0.152 e. The Kier molecular flexibility index (Phi) is 3.17. The summed E-state index contributed by atoms with van der Waals surface area (Å²) in [7, 11) is 0. The van der Waals surface area contributed by atoms with E-state index in [0.717, 1.165) is 10.2 Å². The largest absolute Gasteiger partial charge is 0.295 e. The van der Waals surface area contributed by atoms with Gasteiger partial charge < -0.3 is 0 Å². The van der Waals surface area contributed by atoms with Gasteiger partial charge in [0.25, 0.3) is 0 Å². The molecule has 1 rings (SSSR count). The minimum Gasteiger partial charge on any atom is -0.295 e. The van der Waals surface area contributed by atoms with Crippen LogP contribution < -0.4 is 0 Å². The van der Waals surface area contributed by atoms with Crippen molar-refractivity contribution in [1.82, 2.24) is 4.98 Å². The second kappa shape index (κ2) is 4.16. The number of aromatic nitrogens is 1. The molecule has 2 nitrogen and oxygen atoms in total. The van der Waals surface area contributed by atoms with Crippen molar-refractivity contribution >= 4 is 27.8 Å². The molecule has 12 heavy (non-hydrogen) atoms. The van der Waals surface area contributed by atoms with Crippen LogP contribution >= 0.6 is 15.9 Å². The van der Waals surface area contributed by atoms with E-state index in [4.69, 9.17) is 0 Å². The Morgan fingerprint density at radius 1 is 1.58 bits per heavy atom. The fraction of sp³-hybridized carbons (Fsp3) is 0.111. The van der Waals surface area contributed by atoms with Crippen LogP contribution in [0.25, 0.3) is 6.08 Å². The molecule has 0 atom stereocenters. The van der Waals surface area contributed by atoms with Crippen molar-refractivity contribution in [2.45, 2.75) is 6.92 Å². The van der Waals surface area contributed by atoms with E-state index in [1.54, 1.807) is 12.3 Å². The monoisotopic (exact) mass is 225 g/mol. The summed E-state index contributed by atoms with van der Waals surface area (Å²) in [5.74, 6) is 0.0397. The number of pyridine rings is 1. The number of carbonyl (C=O) groups is 1. The van der Waals surface area contributed by atoms with Gasteiger partial charge in [0, 0.05) is 6.20 Å². The molecule has 1 heterocycles. The van der Waals surface area contributed by atoms with Crippen LogP contribution in [0.4, 0.5) is 0 Å². The molecule has 0 unspecified atom stereocenters. The van der Waals surface area contributed by atoms with Gasteiger partial charge in [-0.2, -0.15) is 0 Å². The van der Waals surface area contributed by atoms with Gasteiger partial charge in [0.1, 0.15) is 4.60 Å². The van der Waals surface area contributed by atoms with E-state index in [9.17, 15) is 4.79 Å². The molecular weight excluding hydrogens is 218 g/mol. The molecular formula is C9H8BrNO. The lowest BCUT2D eigenvalue weighted by atomic mass is 10.2. The first kappa shape index (κ1) is 9.13. The molecule has 0 N–H and O–H groups in total. The van der Waals surface area contributed by atoms with Gasteiger partial charge in [-0.15, -0.1) is 0 Å². The quantitative estimate of drug-likeness (QED) is 0.572. The predicted molar refractivity (Wildman–Crippen MR) is 51.7 cm³/mol. The molecule has 0 saturated heterocycles. The summed E-state index contributed by atoms with van der Waals surface area (Å²) < 4.78 is 0.794. The topological polar surface area (TPSA) is 30.0 Å². The highest BCUT2D eigenvalue weighted by Gasteiger charge is 1.88. The van der Waals surface area contributed by atoms with E-state index >= 15 is 0 Å². The number of carbonyl (C=O) groups excluding carboxylic acids is 1. The number of nitrogens with zero attached hydrogens (tertiary/aromatic N) is 1. The van der Waals surface area contributed by atoms with Crippen LogP contribution in [0.15, 0.2) is 29.0 Å². The van der Waals surface area contributed by atoms with Crippen LogP contribution in [-0.2, 0) is 4.79 Å². The summed E-state index contributed by atoms with van der Waals surface area (Å²) in [6.07, 6.45) is 4.95. The van der Waals surface area contributed by atoms with E-state index in [1.807, 2.05) is 12.1 Å². The first-order valence-electron chi connectivity index (χ1n) is 3.48. The third-order valence-electron chi connectivity index (χ3n) is 1.26. The van der Waals surface area contributed by atoms with Crippen molar-refractivity contribution in [2.75, 3.05) is 0 Å². The summed E-state index contributed by atoms with van der Waals surface area (Å²) in [6, 6.07) is 3.72. The summed E-state index contributed by atoms with van der Waals surface area (Å²) in [5, 5.41) is 0. The van der Waals surface area contributed by atoms with Gasteiger partial charge in [0.05, 0.1) is 0 Å². The third-order valence-corrected chi connectivity index (χ3v) is 1.73. The summed E-state index contributed by atoms with van der Waals surface area (Å²) in [5.41, 5.74) is 0.924. The Bertz CT molecular complexity index is 303. The van der Waals surface area contributed by atoms with E-state index in [1.165, 1.54) is 13.0 Å². The van der Waals surface area contributed by atoms with Crippen molar-refractivity contribution in [1.29, 1.82) is 0 Å². The van der Waals surface area contributed by atoms with Gasteiger partial charge in [-0.1, -0.05) is 6.07 Å². The van der Waals surface area contributed by atoms with Crippen LogP contribution in [-0.4, -0.2) is 10.8 Å². The average Bonchev–Trinajstić information content (AvgIpc) is 2.03. The molecule has 0 radical (unpaired) electrons. The summed E-state index contributed by atoms with van der Waals surface area (Å²) in [6.45, 7) is 1.52. The minimum absolute atomic E-state index is 0.0397. The molecule has 1 aromatic heterocycles. The van der Waals surface area contributed by atoms with Crippen molar-refractivity contribution in [2.24, 2.45) is 0 Å². The van der Waals surface area contributed by atoms with Crippen molar-refractivity contribution in [3.8, 4) is 0 Å². The lowest BCUT2D eigenvalue weighted by Crippen LogP contribution is -1.81. The average molecular weight is 226 g/mol.